The molecular weight excluding hydrogens is 416 g/mol. The van der Waals surface area contributed by atoms with Gasteiger partial charge < -0.3 is 15.8 Å². The van der Waals surface area contributed by atoms with Crippen LogP contribution in [-0.4, -0.2) is 41.8 Å². The van der Waals surface area contributed by atoms with E-state index >= 15 is 0 Å². The second-order valence-electron chi connectivity index (χ2n) is 8.23. The molecule has 0 radical (unpaired) electrons. The molecule has 7 heteroatoms. The number of likely N-dealkylation sites (tertiary alicyclic amines) is 1. The number of pyridine rings is 1. The minimum atomic E-state index is -0.202. The van der Waals surface area contributed by atoms with E-state index in [1.807, 2.05) is 12.3 Å². The van der Waals surface area contributed by atoms with E-state index in [9.17, 15) is 9.59 Å². The molecule has 1 saturated heterocycles. The van der Waals surface area contributed by atoms with Gasteiger partial charge in [-0.1, -0.05) is 12.1 Å². The molecule has 4 rings (SSSR count). The van der Waals surface area contributed by atoms with Gasteiger partial charge in [-0.2, -0.15) is 0 Å². The Kier molecular flexibility index (Phi) is 7.00. The Labute approximate surface area is 193 Å². The number of hydrogen-bond acceptors (Lipinski definition) is 6. The van der Waals surface area contributed by atoms with Crippen LogP contribution in [0, 0.1) is 5.92 Å². The molecule has 7 nitrogen and oxygen atoms in total. The van der Waals surface area contributed by atoms with Gasteiger partial charge in [-0.15, -0.1) is 0 Å². The number of nitrogen functional groups attached to an aromatic ring is 1. The predicted molar refractivity (Wildman–Crippen MR) is 128 cm³/mol. The fraction of sp³-hybridized carbons (Fsp3) is 0.269. The number of amides is 1. The summed E-state index contributed by atoms with van der Waals surface area (Å²) >= 11 is 0. The van der Waals surface area contributed by atoms with E-state index in [2.05, 4.69) is 21.3 Å². The van der Waals surface area contributed by atoms with Crippen molar-refractivity contribution >= 4 is 23.1 Å². The van der Waals surface area contributed by atoms with Crippen molar-refractivity contribution in [2.75, 3.05) is 31.2 Å². The van der Waals surface area contributed by atoms with Crippen molar-refractivity contribution in [2.24, 2.45) is 5.92 Å². The van der Waals surface area contributed by atoms with Gasteiger partial charge in [0.05, 0.1) is 18.5 Å². The number of piperidine rings is 1. The number of ketones is 1. The van der Waals surface area contributed by atoms with E-state index in [0.717, 1.165) is 32.5 Å². The number of hydrogen-bond donors (Lipinski definition) is 2. The van der Waals surface area contributed by atoms with Crippen LogP contribution in [0.2, 0.25) is 0 Å². The van der Waals surface area contributed by atoms with E-state index in [1.165, 1.54) is 5.56 Å². The van der Waals surface area contributed by atoms with E-state index in [4.69, 9.17) is 10.5 Å². The summed E-state index contributed by atoms with van der Waals surface area (Å²) in [6.07, 6.45) is 5.14. The SMILES string of the molecule is COc1ccc(C(=O)c2cccc(N)c2NC(=O)C2CCN(Cc3cccnc3)CC2)cc1. The van der Waals surface area contributed by atoms with E-state index in [1.54, 1.807) is 55.8 Å². The van der Waals surface area contributed by atoms with Crippen LogP contribution in [0.3, 0.4) is 0 Å². The second kappa shape index (κ2) is 10.3. The minimum absolute atomic E-state index is 0.0993. The lowest BCUT2D eigenvalue weighted by Gasteiger charge is -2.31. The number of methoxy groups -OCH3 is 1. The van der Waals surface area contributed by atoms with Crippen molar-refractivity contribution in [2.45, 2.75) is 19.4 Å². The average Bonchev–Trinajstić information content (AvgIpc) is 2.86. The van der Waals surface area contributed by atoms with Gasteiger partial charge >= 0.3 is 0 Å². The summed E-state index contributed by atoms with van der Waals surface area (Å²) in [7, 11) is 1.58. The lowest BCUT2D eigenvalue weighted by atomic mass is 9.94. The number of nitrogens with zero attached hydrogens (tertiary/aromatic N) is 2. The minimum Gasteiger partial charge on any atom is -0.497 e. The average molecular weight is 445 g/mol. The highest BCUT2D eigenvalue weighted by atomic mass is 16.5. The van der Waals surface area contributed by atoms with Crippen LogP contribution >= 0.6 is 0 Å². The number of carbonyl (C=O) groups is 2. The maximum absolute atomic E-state index is 13.1. The molecule has 2 heterocycles. The Morgan fingerprint density at radius 1 is 1.09 bits per heavy atom. The number of aromatic nitrogens is 1. The van der Waals surface area contributed by atoms with Crippen molar-refractivity contribution in [3.8, 4) is 5.75 Å². The third-order valence-electron chi connectivity index (χ3n) is 6.03. The van der Waals surface area contributed by atoms with Crippen molar-refractivity contribution in [1.82, 2.24) is 9.88 Å². The number of benzene rings is 2. The first-order valence-electron chi connectivity index (χ1n) is 11.0. The molecule has 0 spiro atoms. The van der Waals surface area contributed by atoms with Crippen LogP contribution < -0.4 is 15.8 Å². The zero-order valence-corrected chi connectivity index (χ0v) is 18.7. The van der Waals surface area contributed by atoms with Gasteiger partial charge in [-0.25, -0.2) is 0 Å². The number of carbonyl (C=O) groups excluding carboxylic acids is 2. The quantitative estimate of drug-likeness (QED) is 0.425. The van der Waals surface area contributed by atoms with Gasteiger partial charge in [0.2, 0.25) is 5.91 Å². The normalized spacial score (nSPS) is 14.6. The molecule has 0 bridgehead atoms. The maximum Gasteiger partial charge on any atom is 0.227 e. The van der Waals surface area contributed by atoms with Crippen LogP contribution in [0.1, 0.15) is 34.3 Å². The topological polar surface area (TPSA) is 97.5 Å². The number of anilines is 2. The summed E-state index contributed by atoms with van der Waals surface area (Å²) in [4.78, 5) is 32.7. The fourth-order valence-electron chi connectivity index (χ4n) is 4.13. The first-order chi connectivity index (χ1) is 16.0. The molecule has 1 aliphatic rings. The van der Waals surface area contributed by atoms with Gasteiger partial charge in [0.25, 0.3) is 0 Å². The molecule has 3 aromatic rings. The summed E-state index contributed by atoms with van der Waals surface area (Å²) in [6, 6.07) is 16.0. The van der Waals surface area contributed by atoms with Crippen molar-refractivity contribution in [3.05, 3.63) is 83.7 Å². The molecule has 3 N–H and O–H groups in total. The number of para-hydroxylation sites is 1. The summed E-state index contributed by atoms with van der Waals surface area (Å²) < 4.78 is 5.16. The molecule has 2 aromatic carbocycles. The standard InChI is InChI=1S/C26H28N4O3/c1-33-21-9-7-19(8-10-21)25(31)22-5-2-6-23(27)24(22)29-26(32)20-11-14-30(15-12-20)17-18-4-3-13-28-16-18/h2-10,13,16,20H,11-12,14-15,17,27H2,1H3,(H,29,32). The molecule has 1 fully saturated rings. The second-order valence-corrected chi connectivity index (χ2v) is 8.23. The van der Waals surface area contributed by atoms with Crippen molar-refractivity contribution < 1.29 is 14.3 Å². The smallest absolute Gasteiger partial charge is 0.227 e. The Morgan fingerprint density at radius 2 is 1.85 bits per heavy atom. The monoisotopic (exact) mass is 444 g/mol. The first kappa shape index (κ1) is 22.5. The lowest BCUT2D eigenvalue weighted by molar-refractivity contribution is -0.121. The Hall–Kier alpha value is -3.71. The Balaban J connectivity index is 1.42. The highest BCUT2D eigenvalue weighted by Gasteiger charge is 2.27. The van der Waals surface area contributed by atoms with Crippen LogP contribution in [-0.2, 0) is 11.3 Å². The molecule has 1 amide bonds. The van der Waals surface area contributed by atoms with Crippen LogP contribution in [0.15, 0.2) is 67.0 Å². The highest BCUT2D eigenvalue weighted by molar-refractivity contribution is 6.15. The summed E-state index contributed by atoms with van der Waals surface area (Å²) in [5.74, 6) is 0.241. The molecule has 170 valence electrons. The Morgan fingerprint density at radius 3 is 2.52 bits per heavy atom. The van der Waals surface area contributed by atoms with Gasteiger partial charge in [-0.3, -0.25) is 19.5 Å². The zero-order chi connectivity index (χ0) is 23.2. The highest BCUT2D eigenvalue weighted by Crippen LogP contribution is 2.29. The lowest BCUT2D eigenvalue weighted by Crippen LogP contribution is -2.38. The van der Waals surface area contributed by atoms with E-state index in [-0.39, 0.29) is 17.6 Å². The largest absolute Gasteiger partial charge is 0.497 e. The number of nitrogens with two attached hydrogens (primary N) is 1. The van der Waals surface area contributed by atoms with Gasteiger partial charge in [0.1, 0.15) is 5.75 Å². The molecule has 33 heavy (non-hydrogen) atoms. The van der Waals surface area contributed by atoms with Crippen LogP contribution in [0.5, 0.6) is 5.75 Å². The number of nitrogens with one attached hydrogen (secondary N) is 1. The molecular formula is C26H28N4O3. The fourth-order valence-corrected chi connectivity index (χ4v) is 4.13. The molecule has 0 aliphatic carbocycles. The molecule has 1 aromatic heterocycles. The van der Waals surface area contributed by atoms with E-state index < -0.39 is 0 Å². The predicted octanol–water partition coefficient (Wildman–Crippen LogP) is 3.75. The van der Waals surface area contributed by atoms with Crippen LogP contribution in [0.4, 0.5) is 11.4 Å². The van der Waals surface area contributed by atoms with Crippen molar-refractivity contribution in [1.29, 1.82) is 0 Å². The maximum atomic E-state index is 13.1. The molecule has 0 unspecified atom stereocenters. The van der Waals surface area contributed by atoms with Gasteiger partial charge in [-0.05, 0) is 74.0 Å². The molecule has 1 aliphatic heterocycles. The van der Waals surface area contributed by atoms with Crippen molar-refractivity contribution in [3.63, 3.8) is 0 Å². The summed E-state index contributed by atoms with van der Waals surface area (Å²) in [5, 5.41) is 2.95. The van der Waals surface area contributed by atoms with Gasteiger partial charge in [0, 0.05) is 36.0 Å². The van der Waals surface area contributed by atoms with E-state index in [0.29, 0.717) is 28.3 Å². The molecule has 0 atom stereocenters. The molecule has 0 saturated carbocycles. The third-order valence-corrected chi connectivity index (χ3v) is 6.03. The van der Waals surface area contributed by atoms with Crippen LogP contribution in [0.25, 0.3) is 0 Å². The van der Waals surface area contributed by atoms with Gasteiger partial charge in [0.15, 0.2) is 5.78 Å². The first-order valence-corrected chi connectivity index (χ1v) is 11.0. The number of rotatable bonds is 7. The third kappa shape index (κ3) is 5.38. The number of ether oxygens (including phenoxy) is 1. The summed E-state index contributed by atoms with van der Waals surface area (Å²) in [6.45, 7) is 2.48. The summed E-state index contributed by atoms with van der Waals surface area (Å²) in [5.41, 5.74) is 8.96. The zero-order valence-electron chi connectivity index (χ0n) is 18.7. The Bertz CT molecular complexity index is 1110.